The monoisotopic (exact) mass is 390 g/mol. The highest BCUT2D eigenvalue weighted by Gasteiger charge is 2.14. The smallest absolute Gasteiger partial charge is 0.227 e. The van der Waals surface area contributed by atoms with Gasteiger partial charge in [-0.2, -0.15) is 5.26 Å². The minimum Gasteiger partial charge on any atom is -0.467 e. The first-order valence-corrected chi connectivity index (χ1v) is 9.81. The Morgan fingerprint density at radius 3 is 3.00 bits per heavy atom. The maximum Gasteiger partial charge on any atom is 0.227 e. The van der Waals surface area contributed by atoms with E-state index in [2.05, 4.69) is 27.0 Å². The van der Waals surface area contributed by atoms with Crippen molar-refractivity contribution in [1.29, 1.82) is 5.26 Å². The van der Waals surface area contributed by atoms with Crippen LogP contribution in [-0.4, -0.2) is 15.5 Å². The first-order chi connectivity index (χ1) is 13.7. The number of nitrogens with zero attached hydrogens (tertiary/aromatic N) is 3. The average Bonchev–Trinajstić information content (AvgIpc) is 3.45. The number of thiazole rings is 1. The third kappa shape index (κ3) is 3.82. The molecule has 3 heterocycles. The van der Waals surface area contributed by atoms with E-state index in [1.54, 1.807) is 12.3 Å². The van der Waals surface area contributed by atoms with E-state index in [-0.39, 0.29) is 12.3 Å². The van der Waals surface area contributed by atoms with Crippen LogP contribution in [0.15, 0.2) is 58.7 Å². The van der Waals surface area contributed by atoms with Crippen LogP contribution >= 0.6 is 11.3 Å². The second-order valence-corrected chi connectivity index (χ2v) is 7.26. The van der Waals surface area contributed by atoms with Crippen molar-refractivity contribution in [3.8, 4) is 17.3 Å². The first-order valence-electron chi connectivity index (χ1n) is 8.93. The van der Waals surface area contributed by atoms with Gasteiger partial charge in [0, 0.05) is 34.6 Å². The number of furan rings is 1. The zero-order chi connectivity index (χ0) is 19.3. The van der Waals surface area contributed by atoms with Crippen LogP contribution in [0.25, 0.3) is 22.2 Å². The molecule has 0 aliphatic carbocycles. The minimum absolute atomic E-state index is 0.0891. The summed E-state index contributed by atoms with van der Waals surface area (Å²) in [6.45, 7) is 1.01. The quantitative estimate of drug-likeness (QED) is 0.514. The topological polar surface area (TPSA) is 83.9 Å². The Morgan fingerprint density at radius 1 is 1.29 bits per heavy atom. The third-order valence-corrected chi connectivity index (χ3v) is 5.28. The Balaban J connectivity index is 1.51. The number of carbonyl (C=O) groups is 1. The number of fused-ring (bicyclic) bond motifs is 1. The van der Waals surface area contributed by atoms with Gasteiger partial charge in [-0.25, -0.2) is 4.98 Å². The van der Waals surface area contributed by atoms with E-state index in [9.17, 15) is 4.79 Å². The van der Waals surface area contributed by atoms with Crippen LogP contribution in [-0.2, 0) is 24.3 Å². The van der Waals surface area contributed by atoms with Crippen molar-refractivity contribution in [3.05, 3.63) is 65.0 Å². The SMILES string of the molecule is N#CCCn1cc(-c2csc(CC(=O)NCc3ccco3)n2)c2ccccc21. The standard InChI is InChI=1S/C21H18N4O2S/c22-8-4-9-25-13-17(16-6-1-2-7-19(16)25)18-14-28-21(24-18)11-20(26)23-12-15-5-3-10-27-15/h1-3,5-7,10,13-14H,4,9,11-12H2,(H,23,26). The van der Waals surface area contributed by atoms with E-state index >= 15 is 0 Å². The van der Waals surface area contributed by atoms with Crippen LogP contribution in [0.3, 0.4) is 0 Å². The van der Waals surface area contributed by atoms with Crippen molar-refractivity contribution in [2.75, 3.05) is 0 Å². The molecular formula is C21H18N4O2S. The molecule has 1 N–H and O–H groups in total. The fourth-order valence-electron chi connectivity index (χ4n) is 3.12. The highest BCUT2D eigenvalue weighted by Crippen LogP contribution is 2.31. The molecule has 6 nitrogen and oxygen atoms in total. The average molecular weight is 390 g/mol. The molecule has 0 spiro atoms. The molecule has 1 amide bonds. The van der Waals surface area contributed by atoms with Gasteiger partial charge < -0.3 is 14.3 Å². The van der Waals surface area contributed by atoms with Gasteiger partial charge in [-0.15, -0.1) is 11.3 Å². The number of para-hydroxylation sites is 1. The Labute approximate surface area is 166 Å². The zero-order valence-corrected chi connectivity index (χ0v) is 15.9. The van der Waals surface area contributed by atoms with Crippen LogP contribution in [0.1, 0.15) is 17.2 Å². The summed E-state index contributed by atoms with van der Waals surface area (Å²) in [5.74, 6) is 0.632. The van der Waals surface area contributed by atoms with E-state index in [1.807, 2.05) is 35.8 Å². The Bertz CT molecular complexity index is 1140. The molecule has 7 heteroatoms. The summed E-state index contributed by atoms with van der Waals surface area (Å²) in [7, 11) is 0. The van der Waals surface area contributed by atoms with Gasteiger partial charge in [0.2, 0.25) is 5.91 Å². The molecule has 4 rings (SSSR count). The number of nitrogens with one attached hydrogen (secondary N) is 1. The summed E-state index contributed by atoms with van der Waals surface area (Å²) in [5.41, 5.74) is 2.95. The fourth-order valence-corrected chi connectivity index (χ4v) is 3.91. The van der Waals surface area contributed by atoms with Gasteiger partial charge in [0.15, 0.2) is 0 Å². The maximum absolute atomic E-state index is 12.2. The molecule has 4 aromatic rings. The van der Waals surface area contributed by atoms with E-state index in [0.717, 1.165) is 32.9 Å². The molecule has 0 atom stereocenters. The lowest BCUT2D eigenvalue weighted by atomic mass is 10.1. The number of aromatic nitrogens is 2. The third-order valence-electron chi connectivity index (χ3n) is 4.43. The molecule has 0 fully saturated rings. The molecule has 140 valence electrons. The summed E-state index contributed by atoms with van der Waals surface area (Å²) in [4.78, 5) is 16.8. The number of rotatable bonds is 7. The highest BCUT2D eigenvalue weighted by molar-refractivity contribution is 7.10. The van der Waals surface area contributed by atoms with Gasteiger partial charge in [0.05, 0.1) is 37.4 Å². The number of hydrogen-bond acceptors (Lipinski definition) is 5. The lowest BCUT2D eigenvalue weighted by molar-refractivity contribution is -0.120. The Hall–Kier alpha value is -3.37. The summed E-state index contributed by atoms with van der Waals surface area (Å²) in [6.07, 6.45) is 4.31. The van der Waals surface area contributed by atoms with Crippen molar-refractivity contribution in [2.24, 2.45) is 0 Å². The zero-order valence-electron chi connectivity index (χ0n) is 15.1. The van der Waals surface area contributed by atoms with Crippen LogP contribution in [0, 0.1) is 11.3 Å². The van der Waals surface area contributed by atoms with Crippen molar-refractivity contribution in [1.82, 2.24) is 14.9 Å². The van der Waals surface area contributed by atoms with Gasteiger partial charge in [0.25, 0.3) is 0 Å². The number of aryl methyl sites for hydroxylation is 1. The van der Waals surface area contributed by atoms with Gasteiger partial charge in [-0.05, 0) is 18.2 Å². The summed E-state index contributed by atoms with van der Waals surface area (Å²) in [6, 6.07) is 13.9. The normalized spacial score (nSPS) is 10.8. The van der Waals surface area contributed by atoms with Gasteiger partial charge >= 0.3 is 0 Å². The van der Waals surface area contributed by atoms with Crippen LogP contribution in [0.4, 0.5) is 0 Å². The van der Waals surface area contributed by atoms with Gasteiger partial charge in [0.1, 0.15) is 10.8 Å². The number of benzene rings is 1. The van der Waals surface area contributed by atoms with E-state index in [4.69, 9.17) is 9.68 Å². The van der Waals surface area contributed by atoms with Gasteiger partial charge in [-0.1, -0.05) is 18.2 Å². The summed E-state index contributed by atoms with van der Waals surface area (Å²) in [5, 5.41) is 15.6. The predicted molar refractivity (Wildman–Crippen MR) is 108 cm³/mol. The lowest BCUT2D eigenvalue weighted by Crippen LogP contribution is -2.24. The van der Waals surface area contributed by atoms with E-state index in [0.29, 0.717) is 19.5 Å². The Morgan fingerprint density at radius 2 is 2.18 bits per heavy atom. The molecule has 0 bridgehead atoms. The molecule has 0 radical (unpaired) electrons. The molecule has 0 saturated heterocycles. The number of carbonyl (C=O) groups excluding carboxylic acids is 1. The summed E-state index contributed by atoms with van der Waals surface area (Å²) >= 11 is 1.47. The maximum atomic E-state index is 12.2. The van der Waals surface area contributed by atoms with Crippen molar-refractivity contribution >= 4 is 28.1 Å². The molecule has 0 unspecified atom stereocenters. The molecule has 3 aromatic heterocycles. The number of nitriles is 1. The Kier molecular flexibility index (Phi) is 5.22. The molecule has 0 saturated carbocycles. The van der Waals surface area contributed by atoms with Gasteiger partial charge in [-0.3, -0.25) is 4.79 Å². The van der Waals surface area contributed by atoms with Crippen LogP contribution < -0.4 is 5.32 Å². The number of hydrogen-bond donors (Lipinski definition) is 1. The molecule has 28 heavy (non-hydrogen) atoms. The van der Waals surface area contributed by atoms with Crippen LogP contribution in [0.5, 0.6) is 0 Å². The second kappa shape index (κ2) is 8.11. The van der Waals surface area contributed by atoms with Crippen molar-refractivity contribution < 1.29 is 9.21 Å². The van der Waals surface area contributed by atoms with Crippen LogP contribution in [0.2, 0.25) is 0 Å². The lowest BCUT2D eigenvalue weighted by Gasteiger charge is -2.01. The minimum atomic E-state index is -0.0891. The summed E-state index contributed by atoms with van der Waals surface area (Å²) < 4.78 is 7.30. The van der Waals surface area contributed by atoms with E-state index in [1.165, 1.54) is 11.3 Å². The molecule has 1 aromatic carbocycles. The molecular weight excluding hydrogens is 372 g/mol. The molecule has 0 aliphatic heterocycles. The number of amides is 1. The molecule has 0 aliphatic rings. The largest absolute Gasteiger partial charge is 0.467 e. The van der Waals surface area contributed by atoms with Crippen molar-refractivity contribution in [3.63, 3.8) is 0 Å². The fraction of sp³-hybridized carbons (Fsp3) is 0.190. The first kappa shape index (κ1) is 18.0. The predicted octanol–water partition coefficient (Wildman–Crippen LogP) is 4.13. The van der Waals surface area contributed by atoms with Crippen molar-refractivity contribution in [2.45, 2.75) is 25.9 Å². The van der Waals surface area contributed by atoms with E-state index < -0.39 is 0 Å². The highest BCUT2D eigenvalue weighted by atomic mass is 32.1. The second-order valence-electron chi connectivity index (χ2n) is 6.32.